The topological polar surface area (TPSA) is 64.9 Å². The van der Waals surface area contributed by atoms with Crippen LogP contribution in [0.15, 0.2) is 55.0 Å². The number of amides is 1. The van der Waals surface area contributed by atoms with Crippen LogP contribution in [0.2, 0.25) is 0 Å². The van der Waals surface area contributed by atoms with E-state index in [1.807, 2.05) is 47.9 Å². The van der Waals surface area contributed by atoms with Crippen molar-refractivity contribution in [1.29, 1.82) is 0 Å². The Morgan fingerprint density at radius 1 is 1.24 bits per heavy atom. The zero-order chi connectivity index (χ0) is 17.6. The molecule has 6 heteroatoms. The quantitative estimate of drug-likeness (QED) is 0.719. The maximum Gasteiger partial charge on any atom is 0.253 e. The Kier molecular flexibility index (Phi) is 5.30. The minimum absolute atomic E-state index is 0.161. The van der Waals surface area contributed by atoms with E-state index in [0.29, 0.717) is 18.8 Å². The van der Waals surface area contributed by atoms with Gasteiger partial charge in [0.05, 0.1) is 24.8 Å². The SMILES string of the molecule is CCOc1ccc(C(COC)NC(=O)c2ccc3nccn3c2)cc1. The van der Waals surface area contributed by atoms with Gasteiger partial charge in [0.15, 0.2) is 0 Å². The summed E-state index contributed by atoms with van der Waals surface area (Å²) in [7, 11) is 1.62. The maximum atomic E-state index is 12.6. The van der Waals surface area contributed by atoms with Gasteiger partial charge in [0, 0.05) is 25.7 Å². The average molecular weight is 339 g/mol. The molecule has 25 heavy (non-hydrogen) atoms. The fraction of sp³-hybridized carbons (Fsp3) is 0.263. The maximum absolute atomic E-state index is 12.6. The molecule has 2 aromatic heterocycles. The molecule has 0 saturated carbocycles. The normalized spacial score (nSPS) is 12.1. The number of nitrogens with one attached hydrogen (secondary N) is 1. The Balaban J connectivity index is 1.76. The van der Waals surface area contributed by atoms with Gasteiger partial charge in [-0.15, -0.1) is 0 Å². The fourth-order valence-electron chi connectivity index (χ4n) is 2.65. The molecule has 1 unspecified atom stereocenters. The molecule has 1 amide bonds. The minimum Gasteiger partial charge on any atom is -0.494 e. The molecule has 1 N–H and O–H groups in total. The second-order valence-corrected chi connectivity index (χ2v) is 5.59. The smallest absolute Gasteiger partial charge is 0.253 e. The molecule has 0 spiro atoms. The molecular formula is C19H21N3O3. The molecule has 6 nitrogen and oxygen atoms in total. The highest BCUT2D eigenvalue weighted by molar-refractivity contribution is 5.94. The van der Waals surface area contributed by atoms with Crippen LogP contribution in [-0.4, -0.2) is 35.6 Å². The first-order valence-electron chi connectivity index (χ1n) is 8.16. The molecule has 1 aromatic carbocycles. The first kappa shape index (κ1) is 17.0. The Morgan fingerprint density at radius 3 is 2.76 bits per heavy atom. The standard InChI is InChI=1S/C19H21N3O3/c1-3-25-16-7-4-14(5-8-16)17(13-24-2)21-19(23)15-6-9-18-20-10-11-22(18)12-15/h4-12,17H,3,13H2,1-2H3,(H,21,23). The van der Waals surface area contributed by atoms with Crippen LogP contribution in [0.25, 0.3) is 5.65 Å². The monoisotopic (exact) mass is 339 g/mol. The minimum atomic E-state index is -0.244. The summed E-state index contributed by atoms with van der Waals surface area (Å²) in [5, 5.41) is 3.02. The van der Waals surface area contributed by atoms with Gasteiger partial charge < -0.3 is 19.2 Å². The number of imidazole rings is 1. The van der Waals surface area contributed by atoms with Crippen molar-refractivity contribution in [3.63, 3.8) is 0 Å². The predicted octanol–water partition coefficient (Wildman–Crippen LogP) is 2.85. The van der Waals surface area contributed by atoms with Gasteiger partial charge in [-0.3, -0.25) is 4.79 Å². The van der Waals surface area contributed by atoms with Crippen LogP contribution in [0.4, 0.5) is 0 Å². The molecule has 0 bridgehead atoms. The van der Waals surface area contributed by atoms with Gasteiger partial charge in [-0.05, 0) is 36.8 Å². The van der Waals surface area contributed by atoms with Crippen LogP contribution in [0.1, 0.15) is 28.9 Å². The molecule has 0 radical (unpaired) electrons. The number of aromatic nitrogens is 2. The number of carbonyl (C=O) groups excluding carboxylic acids is 1. The van der Waals surface area contributed by atoms with Crippen LogP contribution in [0.3, 0.4) is 0 Å². The third-order valence-electron chi connectivity index (χ3n) is 3.88. The molecule has 0 aliphatic heterocycles. The molecule has 0 fully saturated rings. The number of fused-ring (bicyclic) bond motifs is 1. The number of benzene rings is 1. The highest BCUT2D eigenvalue weighted by atomic mass is 16.5. The molecule has 1 atom stereocenters. The lowest BCUT2D eigenvalue weighted by atomic mass is 10.1. The van der Waals surface area contributed by atoms with Crippen LogP contribution in [0, 0.1) is 0 Å². The number of rotatable bonds is 7. The van der Waals surface area contributed by atoms with Crippen molar-refractivity contribution in [3.8, 4) is 5.75 Å². The molecule has 130 valence electrons. The van der Waals surface area contributed by atoms with Crippen molar-refractivity contribution in [3.05, 3.63) is 66.1 Å². The van der Waals surface area contributed by atoms with Crippen LogP contribution in [-0.2, 0) is 4.74 Å². The van der Waals surface area contributed by atoms with Gasteiger partial charge >= 0.3 is 0 Å². The van der Waals surface area contributed by atoms with Crippen molar-refractivity contribution >= 4 is 11.6 Å². The predicted molar refractivity (Wildman–Crippen MR) is 94.9 cm³/mol. The molecule has 0 aliphatic rings. The van der Waals surface area contributed by atoms with E-state index in [1.54, 1.807) is 25.6 Å². The summed E-state index contributed by atoms with van der Waals surface area (Å²) in [5.41, 5.74) is 2.33. The number of hydrogen-bond donors (Lipinski definition) is 1. The van der Waals surface area contributed by atoms with E-state index in [4.69, 9.17) is 9.47 Å². The largest absolute Gasteiger partial charge is 0.494 e. The average Bonchev–Trinajstić information content (AvgIpc) is 3.10. The Hall–Kier alpha value is -2.86. The van der Waals surface area contributed by atoms with Crippen molar-refractivity contribution in [2.45, 2.75) is 13.0 Å². The first-order chi connectivity index (χ1) is 12.2. The highest BCUT2D eigenvalue weighted by Gasteiger charge is 2.16. The van der Waals surface area contributed by atoms with E-state index in [-0.39, 0.29) is 11.9 Å². The van der Waals surface area contributed by atoms with Gasteiger partial charge in [0.2, 0.25) is 0 Å². The van der Waals surface area contributed by atoms with Gasteiger partial charge in [0.25, 0.3) is 5.91 Å². The number of ether oxygens (including phenoxy) is 2. The third kappa shape index (κ3) is 3.97. The lowest BCUT2D eigenvalue weighted by molar-refractivity contribution is 0.0896. The van der Waals surface area contributed by atoms with Crippen molar-refractivity contribution in [1.82, 2.24) is 14.7 Å². The van der Waals surface area contributed by atoms with Crippen LogP contribution < -0.4 is 10.1 Å². The lowest BCUT2D eigenvalue weighted by Gasteiger charge is -2.19. The van der Waals surface area contributed by atoms with Gasteiger partial charge in [-0.1, -0.05) is 12.1 Å². The van der Waals surface area contributed by atoms with Gasteiger partial charge in [-0.25, -0.2) is 4.98 Å². The van der Waals surface area contributed by atoms with Crippen LogP contribution in [0.5, 0.6) is 5.75 Å². The summed E-state index contributed by atoms with van der Waals surface area (Å²) in [6.45, 7) is 2.94. The first-order valence-corrected chi connectivity index (χ1v) is 8.16. The number of hydrogen-bond acceptors (Lipinski definition) is 4. The lowest BCUT2D eigenvalue weighted by Crippen LogP contribution is -2.31. The zero-order valence-electron chi connectivity index (χ0n) is 14.3. The number of methoxy groups -OCH3 is 1. The zero-order valence-corrected chi connectivity index (χ0v) is 14.3. The van der Waals surface area contributed by atoms with E-state index >= 15 is 0 Å². The second-order valence-electron chi connectivity index (χ2n) is 5.59. The van der Waals surface area contributed by atoms with E-state index in [2.05, 4.69) is 10.3 Å². The molecule has 0 saturated heterocycles. The van der Waals surface area contributed by atoms with E-state index in [9.17, 15) is 4.79 Å². The Bertz CT molecular complexity index is 843. The van der Waals surface area contributed by atoms with E-state index in [1.165, 1.54) is 0 Å². The van der Waals surface area contributed by atoms with Crippen molar-refractivity contribution in [2.24, 2.45) is 0 Å². The third-order valence-corrected chi connectivity index (χ3v) is 3.88. The van der Waals surface area contributed by atoms with E-state index < -0.39 is 0 Å². The molecule has 3 aromatic rings. The molecule has 2 heterocycles. The van der Waals surface area contributed by atoms with Crippen molar-refractivity contribution in [2.75, 3.05) is 20.3 Å². The molecular weight excluding hydrogens is 318 g/mol. The number of pyridine rings is 1. The van der Waals surface area contributed by atoms with Gasteiger partial charge in [-0.2, -0.15) is 0 Å². The molecule has 0 aliphatic carbocycles. The highest BCUT2D eigenvalue weighted by Crippen LogP contribution is 2.19. The van der Waals surface area contributed by atoms with Gasteiger partial charge in [0.1, 0.15) is 11.4 Å². The number of carbonyl (C=O) groups is 1. The second kappa shape index (κ2) is 7.81. The summed E-state index contributed by atoms with van der Waals surface area (Å²) < 4.78 is 12.5. The number of nitrogens with zero attached hydrogens (tertiary/aromatic N) is 2. The fourth-order valence-corrected chi connectivity index (χ4v) is 2.65. The van der Waals surface area contributed by atoms with Crippen LogP contribution >= 0.6 is 0 Å². The summed E-state index contributed by atoms with van der Waals surface area (Å²) in [6.07, 6.45) is 5.27. The summed E-state index contributed by atoms with van der Waals surface area (Å²) >= 11 is 0. The summed E-state index contributed by atoms with van der Waals surface area (Å²) in [5.74, 6) is 0.644. The summed E-state index contributed by atoms with van der Waals surface area (Å²) in [6, 6.07) is 11.0. The Labute approximate surface area is 146 Å². The molecule has 3 rings (SSSR count). The summed E-state index contributed by atoms with van der Waals surface area (Å²) in [4.78, 5) is 16.8. The van der Waals surface area contributed by atoms with Crippen molar-refractivity contribution < 1.29 is 14.3 Å². The van der Waals surface area contributed by atoms with E-state index in [0.717, 1.165) is 17.0 Å². The Morgan fingerprint density at radius 2 is 2.04 bits per heavy atom.